The number of carbonyl (C=O) groups is 2. The summed E-state index contributed by atoms with van der Waals surface area (Å²) in [7, 11) is 0. The summed E-state index contributed by atoms with van der Waals surface area (Å²) in [4.78, 5) is 26.1. The number of aryl methyl sites for hydroxylation is 1. The normalized spacial score (nSPS) is 13.8. The number of amides is 2. The molecule has 0 bridgehead atoms. The number of para-hydroxylation sites is 1. The second-order valence-electron chi connectivity index (χ2n) is 7.22. The predicted molar refractivity (Wildman–Crippen MR) is 120 cm³/mol. The number of carbonyl (C=O) groups excluding carboxylic acids is 2. The predicted octanol–water partition coefficient (Wildman–Crippen LogP) is 3.44. The lowest BCUT2D eigenvalue weighted by Crippen LogP contribution is -2.40. The first-order valence-corrected chi connectivity index (χ1v) is 9.98. The molecule has 3 aromatic rings. The molecule has 6 nitrogen and oxygen atoms in total. The molecule has 0 aliphatic heterocycles. The van der Waals surface area contributed by atoms with Crippen LogP contribution in [-0.2, 0) is 11.2 Å². The Morgan fingerprint density at radius 1 is 1.00 bits per heavy atom. The summed E-state index contributed by atoms with van der Waals surface area (Å²) in [6.07, 6.45) is 1.45. The molecule has 0 spiro atoms. The maximum atomic E-state index is 13.0. The number of primary amides is 1. The maximum Gasteiger partial charge on any atom is 0.256 e. The minimum atomic E-state index is -0.590. The Morgan fingerprint density at radius 3 is 2.23 bits per heavy atom. The van der Waals surface area contributed by atoms with Crippen LogP contribution in [0.4, 0.5) is 5.69 Å². The van der Waals surface area contributed by atoms with Crippen molar-refractivity contribution in [1.82, 2.24) is 4.90 Å². The molecule has 1 atom stereocenters. The van der Waals surface area contributed by atoms with Crippen molar-refractivity contribution in [3.63, 3.8) is 0 Å². The summed E-state index contributed by atoms with van der Waals surface area (Å²) >= 11 is 0. The second kappa shape index (κ2) is 10.1. The number of benzene rings is 3. The van der Waals surface area contributed by atoms with Crippen molar-refractivity contribution in [3.05, 3.63) is 101 Å². The fourth-order valence-electron chi connectivity index (χ4n) is 3.70. The largest absolute Gasteiger partial charge is 0.398 e. The fourth-order valence-corrected chi connectivity index (χ4v) is 3.70. The van der Waals surface area contributed by atoms with Gasteiger partial charge in [-0.15, -0.1) is 0 Å². The van der Waals surface area contributed by atoms with Gasteiger partial charge in [-0.3, -0.25) is 9.59 Å². The number of nitriles is 1. The van der Waals surface area contributed by atoms with Crippen LogP contribution in [-0.4, -0.2) is 23.3 Å². The monoisotopic (exact) mass is 412 g/mol. The van der Waals surface area contributed by atoms with Crippen molar-refractivity contribution in [1.29, 1.82) is 5.26 Å². The molecule has 6 heteroatoms. The van der Waals surface area contributed by atoms with Gasteiger partial charge < -0.3 is 16.4 Å². The molecule has 3 aromatic carbocycles. The van der Waals surface area contributed by atoms with Crippen molar-refractivity contribution < 1.29 is 9.59 Å². The van der Waals surface area contributed by atoms with E-state index in [0.29, 0.717) is 23.2 Å². The van der Waals surface area contributed by atoms with Gasteiger partial charge in [-0.2, -0.15) is 5.26 Å². The number of anilines is 1. The van der Waals surface area contributed by atoms with E-state index in [-0.39, 0.29) is 18.5 Å². The van der Waals surface area contributed by atoms with Crippen molar-refractivity contribution in [2.24, 2.45) is 5.73 Å². The smallest absolute Gasteiger partial charge is 0.256 e. The molecule has 156 valence electrons. The van der Waals surface area contributed by atoms with Gasteiger partial charge in [0.25, 0.3) is 5.91 Å². The molecule has 0 heterocycles. The third-order valence-electron chi connectivity index (χ3n) is 5.14. The molecular formula is C25H24N4O2. The molecule has 1 aliphatic rings. The van der Waals surface area contributed by atoms with Gasteiger partial charge in [0.1, 0.15) is 6.54 Å². The van der Waals surface area contributed by atoms with Crippen LogP contribution in [0.25, 0.3) is 0 Å². The van der Waals surface area contributed by atoms with Crippen molar-refractivity contribution in [2.75, 3.05) is 12.3 Å². The average Bonchev–Trinajstić information content (AvgIpc) is 3.21. The molecule has 1 unspecified atom stereocenters. The summed E-state index contributed by atoms with van der Waals surface area (Å²) in [5, 5.41) is 9.14. The Hall–Kier alpha value is -4.11. The molecule has 31 heavy (non-hydrogen) atoms. The molecule has 0 saturated carbocycles. The molecule has 4 N–H and O–H groups in total. The quantitative estimate of drug-likeness (QED) is 0.639. The molecule has 2 amide bonds. The zero-order valence-corrected chi connectivity index (χ0v) is 17.1. The van der Waals surface area contributed by atoms with E-state index in [1.54, 1.807) is 36.4 Å². The van der Waals surface area contributed by atoms with Crippen molar-refractivity contribution in [2.45, 2.75) is 18.9 Å². The number of nitrogen functional groups attached to an aromatic ring is 1. The number of fused-ring (bicyclic) bond motifs is 1. The van der Waals surface area contributed by atoms with Gasteiger partial charge >= 0.3 is 0 Å². The number of hydrogen-bond donors (Lipinski definition) is 2. The van der Waals surface area contributed by atoms with E-state index in [9.17, 15) is 9.59 Å². The lowest BCUT2D eigenvalue weighted by Gasteiger charge is -2.29. The first-order chi connectivity index (χ1) is 15.0. The van der Waals surface area contributed by atoms with Gasteiger partial charge in [-0.25, -0.2) is 0 Å². The van der Waals surface area contributed by atoms with E-state index >= 15 is 0 Å². The SMILES string of the molecule is N#Cc1ccc2c(c1)C(N(CC(N)=O)C(=O)c1ccccc1N)CC2.c1ccccc1. The van der Waals surface area contributed by atoms with Gasteiger partial charge in [0, 0.05) is 5.69 Å². The Balaban J connectivity index is 0.000000391. The highest BCUT2D eigenvalue weighted by Crippen LogP contribution is 2.37. The summed E-state index contributed by atoms with van der Waals surface area (Å²) in [6, 6.07) is 26.0. The number of nitrogens with zero attached hydrogens (tertiary/aromatic N) is 2. The molecule has 0 fully saturated rings. The van der Waals surface area contributed by atoms with E-state index in [1.807, 2.05) is 42.5 Å². The lowest BCUT2D eigenvalue weighted by molar-refractivity contribution is -0.119. The van der Waals surface area contributed by atoms with E-state index in [4.69, 9.17) is 16.7 Å². The summed E-state index contributed by atoms with van der Waals surface area (Å²) in [5.74, 6) is -0.926. The molecule has 0 aromatic heterocycles. The molecule has 0 radical (unpaired) electrons. The third-order valence-corrected chi connectivity index (χ3v) is 5.14. The Kier molecular flexibility index (Phi) is 7.02. The Labute approximate surface area is 181 Å². The molecule has 0 saturated heterocycles. The maximum absolute atomic E-state index is 13.0. The van der Waals surface area contributed by atoms with Crippen LogP contribution in [0.1, 0.15) is 39.5 Å². The second-order valence-corrected chi connectivity index (χ2v) is 7.22. The molecule has 4 rings (SSSR count). The first kappa shape index (κ1) is 21.6. The average molecular weight is 412 g/mol. The highest BCUT2D eigenvalue weighted by atomic mass is 16.2. The highest BCUT2D eigenvalue weighted by Gasteiger charge is 2.33. The van der Waals surface area contributed by atoms with Gasteiger partial charge in [0.15, 0.2) is 0 Å². The van der Waals surface area contributed by atoms with E-state index in [0.717, 1.165) is 17.5 Å². The number of rotatable bonds is 4. The number of hydrogen-bond acceptors (Lipinski definition) is 4. The van der Waals surface area contributed by atoms with Crippen molar-refractivity contribution >= 4 is 17.5 Å². The van der Waals surface area contributed by atoms with E-state index in [2.05, 4.69) is 6.07 Å². The van der Waals surface area contributed by atoms with Crippen LogP contribution in [0.3, 0.4) is 0 Å². The van der Waals surface area contributed by atoms with Crippen LogP contribution >= 0.6 is 0 Å². The van der Waals surface area contributed by atoms with Crippen LogP contribution in [0.15, 0.2) is 78.9 Å². The summed E-state index contributed by atoms with van der Waals surface area (Å²) in [6.45, 7) is -0.200. The van der Waals surface area contributed by atoms with Crippen LogP contribution < -0.4 is 11.5 Å². The number of nitrogens with two attached hydrogens (primary N) is 2. The highest BCUT2D eigenvalue weighted by molar-refractivity contribution is 6.00. The van der Waals surface area contributed by atoms with Gasteiger partial charge in [-0.05, 0) is 48.2 Å². The van der Waals surface area contributed by atoms with Crippen LogP contribution in [0.5, 0.6) is 0 Å². The lowest BCUT2D eigenvalue weighted by atomic mass is 10.0. The zero-order valence-electron chi connectivity index (χ0n) is 17.1. The van der Waals surface area contributed by atoms with Gasteiger partial charge in [-0.1, -0.05) is 54.6 Å². The third kappa shape index (κ3) is 5.28. The minimum Gasteiger partial charge on any atom is -0.398 e. The van der Waals surface area contributed by atoms with Crippen LogP contribution in [0.2, 0.25) is 0 Å². The van der Waals surface area contributed by atoms with E-state index in [1.165, 1.54) is 4.90 Å². The van der Waals surface area contributed by atoms with Crippen LogP contribution in [0, 0.1) is 11.3 Å². The fraction of sp³-hybridized carbons (Fsp3) is 0.160. The molecule has 1 aliphatic carbocycles. The summed E-state index contributed by atoms with van der Waals surface area (Å²) < 4.78 is 0. The summed E-state index contributed by atoms with van der Waals surface area (Å²) in [5.41, 5.74) is 14.5. The van der Waals surface area contributed by atoms with Gasteiger partial charge in [0.2, 0.25) is 5.91 Å². The Bertz CT molecular complexity index is 1080. The zero-order chi connectivity index (χ0) is 22.2. The topological polar surface area (TPSA) is 113 Å². The molecular weight excluding hydrogens is 388 g/mol. The standard InChI is InChI=1S/C19H18N4O2.C6H6/c20-10-12-5-6-13-7-8-17(15(13)9-12)23(11-18(22)24)19(25)14-3-1-2-4-16(14)21;1-2-4-6-5-3-1/h1-6,9,17H,7-8,11,21H2,(H2,22,24);1-6H. The van der Waals surface area contributed by atoms with Gasteiger partial charge in [0.05, 0.1) is 23.2 Å². The van der Waals surface area contributed by atoms with E-state index < -0.39 is 5.91 Å². The first-order valence-electron chi connectivity index (χ1n) is 9.98. The Morgan fingerprint density at radius 2 is 1.65 bits per heavy atom. The minimum absolute atomic E-state index is 0.200. The van der Waals surface area contributed by atoms with Crippen molar-refractivity contribution in [3.8, 4) is 6.07 Å².